The fourth-order valence-electron chi connectivity index (χ4n) is 2.89. The van der Waals surface area contributed by atoms with Gasteiger partial charge in [0.25, 0.3) is 0 Å². The van der Waals surface area contributed by atoms with Gasteiger partial charge in [-0.25, -0.2) is 0 Å². The van der Waals surface area contributed by atoms with Crippen LogP contribution in [0, 0.1) is 5.92 Å². The van der Waals surface area contributed by atoms with E-state index in [1.54, 1.807) is 0 Å². The van der Waals surface area contributed by atoms with Crippen LogP contribution in [0.3, 0.4) is 0 Å². The molecular formula is C14H29O2Si. The predicted octanol–water partition coefficient (Wildman–Crippen LogP) is 4.30. The van der Waals surface area contributed by atoms with E-state index in [4.69, 9.17) is 8.85 Å². The van der Waals surface area contributed by atoms with Gasteiger partial charge in [0.05, 0.1) is 0 Å². The Balaban J connectivity index is 2.41. The van der Waals surface area contributed by atoms with E-state index in [1.165, 1.54) is 44.9 Å². The van der Waals surface area contributed by atoms with Crippen LogP contribution in [-0.4, -0.2) is 22.5 Å². The summed E-state index contributed by atoms with van der Waals surface area (Å²) in [5.74, 6) is 0.883. The molecule has 0 bridgehead atoms. The topological polar surface area (TPSA) is 18.5 Å². The maximum Gasteiger partial charge on any atom is 0.388 e. The molecule has 0 spiro atoms. The Morgan fingerprint density at radius 3 is 2.29 bits per heavy atom. The molecule has 2 atom stereocenters. The summed E-state index contributed by atoms with van der Waals surface area (Å²) in [6.07, 6.45) is 9.63. The molecule has 1 fully saturated rings. The molecule has 1 radical (unpaired) electrons. The molecule has 0 heterocycles. The third-order valence-corrected chi connectivity index (χ3v) is 6.23. The fraction of sp³-hybridized carbons (Fsp3) is 1.00. The van der Waals surface area contributed by atoms with Crippen LogP contribution >= 0.6 is 0 Å². The Morgan fingerprint density at radius 1 is 1.00 bits per heavy atom. The van der Waals surface area contributed by atoms with E-state index in [0.717, 1.165) is 24.7 Å². The summed E-state index contributed by atoms with van der Waals surface area (Å²) in [5.41, 5.74) is 0.747. The van der Waals surface area contributed by atoms with Crippen LogP contribution < -0.4 is 0 Å². The lowest BCUT2D eigenvalue weighted by atomic mass is 10.00. The Bertz CT molecular complexity index is 181. The average molecular weight is 257 g/mol. The highest BCUT2D eigenvalue weighted by Crippen LogP contribution is 2.42. The molecule has 1 rings (SSSR count). The van der Waals surface area contributed by atoms with Crippen LogP contribution in [0.25, 0.3) is 0 Å². The Morgan fingerprint density at radius 2 is 1.71 bits per heavy atom. The lowest BCUT2D eigenvalue weighted by molar-refractivity contribution is 0.195. The molecule has 0 aliphatic heterocycles. The molecule has 1 aliphatic rings. The van der Waals surface area contributed by atoms with E-state index in [9.17, 15) is 0 Å². The summed E-state index contributed by atoms with van der Waals surface area (Å²) in [6, 6.07) is 0. The molecule has 1 saturated carbocycles. The highest BCUT2D eigenvalue weighted by atomic mass is 28.3. The smallest absolute Gasteiger partial charge is 0.388 e. The summed E-state index contributed by atoms with van der Waals surface area (Å²) in [5, 5.41) is 0. The molecule has 0 aromatic rings. The van der Waals surface area contributed by atoms with Crippen molar-refractivity contribution in [2.45, 2.75) is 71.3 Å². The maximum atomic E-state index is 5.88. The van der Waals surface area contributed by atoms with E-state index in [1.807, 2.05) is 0 Å². The zero-order chi connectivity index (χ0) is 12.5. The first-order valence-electron chi connectivity index (χ1n) is 7.45. The highest BCUT2D eigenvalue weighted by Gasteiger charge is 2.37. The van der Waals surface area contributed by atoms with Gasteiger partial charge in [-0.3, -0.25) is 0 Å². The van der Waals surface area contributed by atoms with Gasteiger partial charge in [0, 0.05) is 18.8 Å². The van der Waals surface area contributed by atoms with Crippen molar-refractivity contribution in [2.24, 2.45) is 5.92 Å². The van der Waals surface area contributed by atoms with Crippen LogP contribution in [-0.2, 0) is 8.85 Å². The van der Waals surface area contributed by atoms with Crippen LogP contribution in [0.15, 0.2) is 0 Å². The van der Waals surface area contributed by atoms with Gasteiger partial charge >= 0.3 is 9.28 Å². The van der Waals surface area contributed by atoms with Crippen molar-refractivity contribution in [3.8, 4) is 0 Å². The number of rotatable bonds is 9. The van der Waals surface area contributed by atoms with Crippen molar-refractivity contribution in [2.75, 3.05) is 13.2 Å². The molecule has 101 valence electrons. The Hall–Kier alpha value is 0.137. The van der Waals surface area contributed by atoms with Crippen molar-refractivity contribution in [1.82, 2.24) is 0 Å². The third kappa shape index (κ3) is 5.10. The first-order valence-corrected chi connectivity index (χ1v) is 8.85. The minimum atomic E-state index is -1.01. The number of unbranched alkanes of at least 4 members (excludes halogenated alkanes) is 2. The van der Waals surface area contributed by atoms with Gasteiger partial charge in [0.15, 0.2) is 0 Å². The van der Waals surface area contributed by atoms with Crippen LogP contribution in [0.5, 0.6) is 0 Å². The molecule has 0 aromatic carbocycles. The summed E-state index contributed by atoms with van der Waals surface area (Å²) in [6.45, 7) is 8.08. The van der Waals surface area contributed by atoms with Gasteiger partial charge < -0.3 is 8.85 Å². The third-order valence-electron chi connectivity index (χ3n) is 3.71. The summed E-state index contributed by atoms with van der Waals surface area (Å²) in [4.78, 5) is 0. The highest BCUT2D eigenvalue weighted by molar-refractivity contribution is 6.46. The average Bonchev–Trinajstić information content (AvgIpc) is 2.77. The SMILES string of the molecule is CCCCCC1CCCC1[Si](OCC)OCC. The molecule has 1 aliphatic carbocycles. The minimum absolute atomic E-state index is 0.747. The zero-order valence-corrected chi connectivity index (χ0v) is 12.8. The fourth-order valence-corrected chi connectivity index (χ4v) is 5.13. The largest absolute Gasteiger partial charge is 0.393 e. The van der Waals surface area contributed by atoms with Crippen molar-refractivity contribution in [3.63, 3.8) is 0 Å². The van der Waals surface area contributed by atoms with Crippen molar-refractivity contribution >= 4 is 9.28 Å². The second-order valence-corrected chi connectivity index (χ2v) is 6.94. The second kappa shape index (κ2) is 9.12. The van der Waals surface area contributed by atoms with Crippen molar-refractivity contribution in [1.29, 1.82) is 0 Å². The van der Waals surface area contributed by atoms with Crippen LogP contribution in [0.2, 0.25) is 5.54 Å². The van der Waals surface area contributed by atoms with Crippen LogP contribution in [0.4, 0.5) is 0 Å². The minimum Gasteiger partial charge on any atom is -0.393 e. The summed E-state index contributed by atoms with van der Waals surface area (Å²) in [7, 11) is -1.01. The monoisotopic (exact) mass is 257 g/mol. The van der Waals surface area contributed by atoms with E-state index in [0.29, 0.717) is 0 Å². The second-order valence-electron chi connectivity index (χ2n) is 4.98. The standard InChI is InChI=1S/C14H29O2Si/c1-4-7-8-10-13-11-9-12-14(13)17(15-5-2)16-6-3/h13-14H,4-12H2,1-3H3. The predicted molar refractivity (Wildman–Crippen MR) is 74.2 cm³/mol. The molecule has 3 heteroatoms. The quantitative estimate of drug-likeness (QED) is 0.453. The molecule has 0 saturated heterocycles. The van der Waals surface area contributed by atoms with Gasteiger partial charge in [-0.1, -0.05) is 45.4 Å². The maximum absolute atomic E-state index is 5.88. The molecule has 17 heavy (non-hydrogen) atoms. The normalized spacial score (nSPS) is 24.7. The van der Waals surface area contributed by atoms with E-state index in [2.05, 4.69) is 20.8 Å². The lowest BCUT2D eigenvalue weighted by Crippen LogP contribution is -2.31. The number of hydrogen-bond donors (Lipinski definition) is 0. The van der Waals surface area contributed by atoms with Crippen molar-refractivity contribution < 1.29 is 8.85 Å². The van der Waals surface area contributed by atoms with Crippen molar-refractivity contribution in [3.05, 3.63) is 0 Å². The summed E-state index contributed by atoms with van der Waals surface area (Å²) >= 11 is 0. The first kappa shape index (κ1) is 15.2. The zero-order valence-electron chi connectivity index (χ0n) is 11.8. The summed E-state index contributed by atoms with van der Waals surface area (Å²) < 4.78 is 11.8. The van der Waals surface area contributed by atoms with E-state index in [-0.39, 0.29) is 0 Å². The molecule has 0 N–H and O–H groups in total. The van der Waals surface area contributed by atoms with Gasteiger partial charge in [-0.15, -0.1) is 0 Å². The van der Waals surface area contributed by atoms with Crippen LogP contribution in [0.1, 0.15) is 65.7 Å². The Kier molecular flexibility index (Phi) is 8.15. The first-order chi connectivity index (χ1) is 8.33. The molecular weight excluding hydrogens is 228 g/mol. The van der Waals surface area contributed by atoms with Gasteiger partial charge in [0.1, 0.15) is 0 Å². The number of hydrogen-bond acceptors (Lipinski definition) is 2. The van der Waals surface area contributed by atoms with Gasteiger partial charge in [0.2, 0.25) is 0 Å². The Labute approximate surface area is 109 Å². The van der Waals surface area contributed by atoms with Gasteiger partial charge in [-0.05, 0) is 26.2 Å². The lowest BCUT2D eigenvalue weighted by Gasteiger charge is -2.25. The molecule has 2 nitrogen and oxygen atoms in total. The van der Waals surface area contributed by atoms with E-state index >= 15 is 0 Å². The molecule has 2 unspecified atom stereocenters. The molecule has 0 amide bonds. The van der Waals surface area contributed by atoms with E-state index < -0.39 is 9.28 Å². The molecule has 0 aromatic heterocycles. The van der Waals surface area contributed by atoms with Gasteiger partial charge in [-0.2, -0.15) is 0 Å².